The average molecular weight is 281 g/mol. The molecule has 3 heteroatoms. The van der Waals surface area contributed by atoms with Crippen molar-refractivity contribution in [3.63, 3.8) is 0 Å². The quantitative estimate of drug-likeness (QED) is 0.911. The van der Waals surface area contributed by atoms with Gasteiger partial charge in [-0.25, -0.2) is 0 Å². The SMILES string of the molecule is CCC(N)C(c1ccc(Cl)cc1)N1CC(C)C(C)C1. The molecule has 1 aromatic rings. The number of likely N-dealkylation sites (tertiary alicyclic amines) is 1. The maximum Gasteiger partial charge on any atom is 0.0499 e. The fourth-order valence-electron chi connectivity index (χ4n) is 3.01. The van der Waals surface area contributed by atoms with Gasteiger partial charge in [-0.1, -0.05) is 44.5 Å². The number of nitrogens with zero attached hydrogens (tertiary/aromatic N) is 1. The van der Waals surface area contributed by atoms with E-state index < -0.39 is 0 Å². The molecule has 0 radical (unpaired) electrons. The van der Waals surface area contributed by atoms with Gasteiger partial charge >= 0.3 is 0 Å². The molecule has 0 amide bonds. The normalized spacial score (nSPS) is 27.4. The van der Waals surface area contributed by atoms with Crippen molar-refractivity contribution in [1.82, 2.24) is 4.90 Å². The number of halogens is 1. The van der Waals surface area contributed by atoms with E-state index in [1.807, 2.05) is 12.1 Å². The van der Waals surface area contributed by atoms with E-state index in [4.69, 9.17) is 17.3 Å². The molecule has 1 saturated heterocycles. The van der Waals surface area contributed by atoms with Gasteiger partial charge in [-0.3, -0.25) is 4.90 Å². The van der Waals surface area contributed by atoms with E-state index in [0.717, 1.165) is 36.4 Å². The van der Waals surface area contributed by atoms with E-state index in [9.17, 15) is 0 Å². The summed E-state index contributed by atoms with van der Waals surface area (Å²) in [5.74, 6) is 1.50. The standard InChI is InChI=1S/C16H25ClN2/c1-4-15(18)16(13-5-7-14(17)8-6-13)19-9-11(2)12(3)10-19/h5-8,11-12,15-16H,4,9-10,18H2,1-3H3. The second-order valence-electron chi connectivity index (χ2n) is 5.98. The molecule has 0 saturated carbocycles. The smallest absolute Gasteiger partial charge is 0.0499 e. The van der Waals surface area contributed by atoms with Gasteiger partial charge in [-0.2, -0.15) is 0 Å². The lowest BCUT2D eigenvalue weighted by atomic mass is 9.96. The van der Waals surface area contributed by atoms with Crippen LogP contribution in [-0.4, -0.2) is 24.0 Å². The van der Waals surface area contributed by atoms with Gasteiger partial charge in [-0.15, -0.1) is 0 Å². The van der Waals surface area contributed by atoms with Gasteiger partial charge in [0.2, 0.25) is 0 Å². The van der Waals surface area contributed by atoms with Crippen LogP contribution in [0.4, 0.5) is 0 Å². The maximum absolute atomic E-state index is 6.38. The summed E-state index contributed by atoms with van der Waals surface area (Å²) in [5.41, 5.74) is 7.68. The molecule has 4 atom stereocenters. The van der Waals surface area contributed by atoms with Crippen LogP contribution in [0.3, 0.4) is 0 Å². The maximum atomic E-state index is 6.38. The summed E-state index contributed by atoms with van der Waals surface area (Å²) in [6.45, 7) is 9.11. The van der Waals surface area contributed by atoms with E-state index in [-0.39, 0.29) is 6.04 Å². The lowest BCUT2D eigenvalue weighted by Gasteiger charge is -2.33. The lowest BCUT2D eigenvalue weighted by molar-refractivity contribution is 0.200. The summed E-state index contributed by atoms with van der Waals surface area (Å²) in [6, 6.07) is 8.67. The van der Waals surface area contributed by atoms with Gasteiger partial charge in [0, 0.05) is 30.2 Å². The van der Waals surface area contributed by atoms with Crippen LogP contribution >= 0.6 is 11.6 Å². The minimum Gasteiger partial charge on any atom is -0.326 e. The van der Waals surface area contributed by atoms with Crippen LogP contribution < -0.4 is 5.73 Å². The Morgan fingerprint density at radius 3 is 2.21 bits per heavy atom. The summed E-state index contributed by atoms with van der Waals surface area (Å²) >= 11 is 5.99. The molecule has 2 nitrogen and oxygen atoms in total. The fourth-order valence-corrected chi connectivity index (χ4v) is 3.14. The van der Waals surface area contributed by atoms with E-state index >= 15 is 0 Å². The lowest BCUT2D eigenvalue weighted by Crippen LogP contribution is -2.40. The molecule has 0 spiro atoms. The van der Waals surface area contributed by atoms with Gasteiger partial charge in [0.15, 0.2) is 0 Å². The summed E-state index contributed by atoms with van der Waals surface area (Å²) in [7, 11) is 0. The highest BCUT2D eigenvalue weighted by atomic mass is 35.5. The largest absolute Gasteiger partial charge is 0.326 e. The number of hydrogen-bond acceptors (Lipinski definition) is 2. The van der Waals surface area contributed by atoms with E-state index in [1.54, 1.807) is 0 Å². The predicted molar refractivity (Wildman–Crippen MR) is 82.4 cm³/mol. The van der Waals surface area contributed by atoms with Crippen LogP contribution in [0.5, 0.6) is 0 Å². The molecule has 1 aliphatic rings. The molecule has 4 unspecified atom stereocenters. The minimum atomic E-state index is 0.179. The van der Waals surface area contributed by atoms with Crippen molar-refractivity contribution in [2.24, 2.45) is 17.6 Å². The molecule has 0 bridgehead atoms. The summed E-state index contributed by atoms with van der Waals surface area (Å²) in [5, 5.41) is 0.788. The third-order valence-electron chi connectivity index (χ3n) is 4.50. The molecule has 0 aromatic heterocycles. The molecule has 2 N–H and O–H groups in total. The van der Waals surface area contributed by atoms with Crippen molar-refractivity contribution < 1.29 is 0 Å². The van der Waals surface area contributed by atoms with E-state index in [1.165, 1.54) is 5.56 Å². The first kappa shape index (κ1) is 14.8. The summed E-state index contributed by atoms with van der Waals surface area (Å²) in [4.78, 5) is 2.55. The molecule has 1 aromatic carbocycles. The molecule has 2 rings (SSSR count). The number of nitrogens with two attached hydrogens (primary N) is 1. The third kappa shape index (κ3) is 3.31. The highest BCUT2D eigenvalue weighted by molar-refractivity contribution is 6.30. The van der Waals surface area contributed by atoms with Crippen LogP contribution in [-0.2, 0) is 0 Å². The third-order valence-corrected chi connectivity index (χ3v) is 4.75. The van der Waals surface area contributed by atoms with Crippen LogP contribution in [0.1, 0.15) is 38.8 Å². The zero-order valence-corrected chi connectivity index (χ0v) is 12.9. The highest BCUT2D eigenvalue weighted by Gasteiger charge is 2.34. The molecule has 1 fully saturated rings. The molecule has 1 heterocycles. The Balaban J connectivity index is 2.24. The summed E-state index contributed by atoms with van der Waals surface area (Å²) in [6.07, 6.45) is 0.993. The first-order chi connectivity index (χ1) is 9.02. The fraction of sp³-hybridized carbons (Fsp3) is 0.625. The topological polar surface area (TPSA) is 29.3 Å². The Labute approximate surface area is 121 Å². The second-order valence-corrected chi connectivity index (χ2v) is 6.41. The monoisotopic (exact) mass is 280 g/mol. The van der Waals surface area contributed by atoms with Crippen LogP contribution in [0, 0.1) is 11.8 Å². The Kier molecular flexibility index (Phi) is 4.88. The first-order valence-corrected chi connectivity index (χ1v) is 7.65. The van der Waals surface area contributed by atoms with Crippen molar-refractivity contribution in [2.75, 3.05) is 13.1 Å². The molecular formula is C16H25ClN2. The van der Waals surface area contributed by atoms with Crippen LogP contribution in [0.25, 0.3) is 0 Å². The van der Waals surface area contributed by atoms with Crippen molar-refractivity contribution in [1.29, 1.82) is 0 Å². The number of benzene rings is 1. The molecule has 106 valence electrons. The van der Waals surface area contributed by atoms with E-state index in [2.05, 4.69) is 37.8 Å². The van der Waals surface area contributed by atoms with Gasteiger partial charge in [0.25, 0.3) is 0 Å². The van der Waals surface area contributed by atoms with Crippen LogP contribution in [0.2, 0.25) is 5.02 Å². The van der Waals surface area contributed by atoms with Crippen molar-refractivity contribution in [3.8, 4) is 0 Å². The van der Waals surface area contributed by atoms with E-state index in [0.29, 0.717) is 6.04 Å². The highest BCUT2D eigenvalue weighted by Crippen LogP contribution is 2.33. The zero-order chi connectivity index (χ0) is 14.0. The zero-order valence-electron chi connectivity index (χ0n) is 12.1. The Bertz CT molecular complexity index is 394. The van der Waals surface area contributed by atoms with Gasteiger partial charge in [-0.05, 0) is 36.0 Å². The second kappa shape index (κ2) is 6.25. The van der Waals surface area contributed by atoms with Gasteiger partial charge in [0.1, 0.15) is 0 Å². The summed E-state index contributed by atoms with van der Waals surface area (Å²) < 4.78 is 0. The van der Waals surface area contributed by atoms with Crippen molar-refractivity contribution >= 4 is 11.6 Å². The number of rotatable bonds is 4. The van der Waals surface area contributed by atoms with Crippen molar-refractivity contribution in [2.45, 2.75) is 39.3 Å². The van der Waals surface area contributed by atoms with Gasteiger partial charge < -0.3 is 5.73 Å². The number of hydrogen-bond donors (Lipinski definition) is 1. The van der Waals surface area contributed by atoms with Gasteiger partial charge in [0.05, 0.1) is 0 Å². The van der Waals surface area contributed by atoms with Crippen molar-refractivity contribution in [3.05, 3.63) is 34.9 Å². The predicted octanol–water partition coefficient (Wildman–Crippen LogP) is 3.71. The molecule has 0 aliphatic carbocycles. The first-order valence-electron chi connectivity index (χ1n) is 7.28. The average Bonchev–Trinajstić information content (AvgIpc) is 2.71. The Morgan fingerprint density at radius 1 is 1.21 bits per heavy atom. The Hall–Kier alpha value is -0.570. The van der Waals surface area contributed by atoms with Crippen LogP contribution in [0.15, 0.2) is 24.3 Å². The molecule has 19 heavy (non-hydrogen) atoms. The molecule has 1 aliphatic heterocycles. The Morgan fingerprint density at radius 2 is 1.74 bits per heavy atom. The molecular weight excluding hydrogens is 256 g/mol. The minimum absolute atomic E-state index is 0.179.